The minimum absolute atomic E-state index is 0.0675. The molecular weight excluding hydrogens is 310 g/mol. The van der Waals surface area contributed by atoms with Gasteiger partial charge in [-0.3, -0.25) is 4.79 Å². The van der Waals surface area contributed by atoms with Crippen LogP contribution in [0.15, 0.2) is 6.07 Å². The molecule has 0 radical (unpaired) electrons. The third-order valence-corrected chi connectivity index (χ3v) is 2.80. The minimum atomic E-state index is -2.86. The molecule has 0 aliphatic rings. The molecule has 1 heterocycles. The Morgan fingerprint density at radius 2 is 2.33 bits per heavy atom. The molecule has 18 heavy (non-hydrogen) atoms. The largest absolute Gasteiger partial charge is 0.469 e. The van der Waals surface area contributed by atoms with E-state index >= 15 is 0 Å². The SMILES string of the molecule is COC(=O)Cc1cc(CBr)nc(C#N)c1C(F)F. The number of methoxy groups -OCH3 is 1. The van der Waals surface area contributed by atoms with E-state index in [9.17, 15) is 13.6 Å². The number of carbonyl (C=O) groups is 1. The maximum atomic E-state index is 12.9. The van der Waals surface area contributed by atoms with Crippen LogP contribution in [0.3, 0.4) is 0 Å². The maximum absolute atomic E-state index is 12.9. The molecule has 0 atom stereocenters. The van der Waals surface area contributed by atoms with Crippen LogP contribution < -0.4 is 0 Å². The van der Waals surface area contributed by atoms with Gasteiger partial charge in [0.25, 0.3) is 6.43 Å². The normalized spacial score (nSPS) is 10.2. The summed E-state index contributed by atoms with van der Waals surface area (Å²) < 4.78 is 30.3. The first-order valence-electron chi connectivity index (χ1n) is 4.87. The smallest absolute Gasteiger partial charge is 0.309 e. The molecule has 96 valence electrons. The van der Waals surface area contributed by atoms with Gasteiger partial charge in [-0.25, -0.2) is 13.8 Å². The van der Waals surface area contributed by atoms with Crippen molar-refractivity contribution >= 4 is 21.9 Å². The lowest BCUT2D eigenvalue weighted by Gasteiger charge is -2.11. The van der Waals surface area contributed by atoms with Crippen LogP contribution in [0.2, 0.25) is 0 Å². The third-order valence-electron chi connectivity index (χ3n) is 2.22. The maximum Gasteiger partial charge on any atom is 0.309 e. The van der Waals surface area contributed by atoms with E-state index < -0.39 is 18.0 Å². The first-order valence-corrected chi connectivity index (χ1v) is 5.99. The third kappa shape index (κ3) is 3.23. The summed E-state index contributed by atoms with van der Waals surface area (Å²) in [4.78, 5) is 15.0. The molecule has 0 saturated heterocycles. The van der Waals surface area contributed by atoms with Crippen LogP contribution in [0.25, 0.3) is 0 Å². The number of nitriles is 1. The van der Waals surface area contributed by atoms with Gasteiger partial charge in [0.15, 0.2) is 0 Å². The fourth-order valence-corrected chi connectivity index (χ4v) is 1.73. The van der Waals surface area contributed by atoms with Crippen molar-refractivity contribution < 1.29 is 18.3 Å². The van der Waals surface area contributed by atoms with Crippen LogP contribution in [-0.2, 0) is 21.3 Å². The molecule has 0 unspecified atom stereocenters. The second-order valence-electron chi connectivity index (χ2n) is 3.33. The van der Waals surface area contributed by atoms with Gasteiger partial charge in [-0.1, -0.05) is 15.9 Å². The molecule has 0 saturated carbocycles. The zero-order valence-corrected chi connectivity index (χ0v) is 11.0. The summed E-state index contributed by atoms with van der Waals surface area (Å²) in [5.41, 5.74) is -0.388. The van der Waals surface area contributed by atoms with Gasteiger partial charge in [0.05, 0.1) is 24.8 Å². The monoisotopic (exact) mass is 318 g/mol. The van der Waals surface area contributed by atoms with Crippen LogP contribution >= 0.6 is 15.9 Å². The molecule has 0 amide bonds. The summed E-state index contributed by atoms with van der Waals surface area (Å²) in [5, 5.41) is 9.13. The van der Waals surface area contributed by atoms with Crippen molar-refractivity contribution in [3.05, 3.63) is 28.6 Å². The summed E-state index contributed by atoms with van der Waals surface area (Å²) in [7, 11) is 1.17. The highest BCUT2D eigenvalue weighted by molar-refractivity contribution is 9.08. The van der Waals surface area contributed by atoms with Crippen molar-refractivity contribution in [2.24, 2.45) is 0 Å². The van der Waals surface area contributed by atoms with Crippen molar-refractivity contribution in [3.63, 3.8) is 0 Å². The highest BCUT2D eigenvalue weighted by Crippen LogP contribution is 2.27. The summed E-state index contributed by atoms with van der Waals surface area (Å²) in [5.74, 6) is -0.646. The molecule has 0 N–H and O–H groups in total. The van der Waals surface area contributed by atoms with Crippen LogP contribution in [0.5, 0.6) is 0 Å². The van der Waals surface area contributed by atoms with Crippen LogP contribution in [-0.4, -0.2) is 18.1 Å². The van der Waals surface area contributed by atoms with Crippen LogP contribution in [0, 0.1) is 11.3 Å². The van der Waals surface area contributed by atoms with E-state index in [1.807, 2.05) is 0 Å². The van der Waals surface area contributed by atoms with E-state index in [0.717, 1.165) is 0 Å². The van der Waals surface area contributed by atoms with Gasteiger partial charge in [0.2, 0.25) is 0 Å². The van der Waals surface area contributed by atoms with Gasteiger partial charge >= 0.3 is 5.97 Å². The summed E-state index contributed by atoms with van der Waals surface area (Å²) in [6.45, 7) is 0. The molecule has 0 spiro atoms. The number of hydrogen-bond acceptors (Lipinski definition) is 4. The Hall–Kier alpha value is -1.55. The molecule has 4 nitrogen and oxygen atoms in total. The molecule has 1 aromatic rings. The molecule has 1 rings (SSSR count). The second kappa shape index (κ2) is 6.40. The first kappa shape index (κ1) is 14.5. The molecule has 0 aromatic carbocycles. The van der Waals surface area contributed by atoms with Gasteiger partial charge in [-0.05, 0) is 11.6 Å². The summed E-state index contributed by atoms with van der Waals surface area (Å²) >= 11 is 3.12. The number of pyridine rings is 1. The Morgan fingerprint density at radius 3 is 2.78 bits per heavy atom. The average Bonchev–Trinajstić information content (AvgIpc) is 2.36. The van der Waals surface area contributed by atoms with Crippen molar-refractivity contribution in [1.82, 2.24) is 4.98 Å². The van der Waals surface area contributed by atoms with E-state index in [2.05, 4.69) is 25.7 Å². The lowest BCUT2D eigenvalue weighted by atomic mass is 10.0. The number of nitrogens with zero attached hydrogens (tertiary/aromatic N) is 2. The number of carbonyl (C=O) groups excluding carboxylic acids is 1. The van der Waals surface area contributed by atoms with E-state index in [-0.39, 0.29) is 17.7 Å². The number of aromatic nitrogens is 1. The number of ether oxygens (including phenoxy) is 1. The standard InChI is InChI=1S/C11H9BrF2N2O2/c1-18-9(17)3-6-2-7(4-12)16-8(5-15)10(6)11(13)14/h2,11H,3-4H2,1H3. The van der Waals surface area contributed by atoms with Gasteiger partial charge in [0.1, 0.15) is 11.8 Å². The van der Waals surface area contributed by atoms with Crippen molar-refractivity contribution in [3.8, 4) is 6.07 Å². The molecule has 7 heteroatoms. The predicted molar refractivity (Wildman–Crippen MR) is 62.3 cm³/mol. The highest BCUT2D eigenvalue weighted by Gasteiger charge is 2.22. The Bertz CT molecular complexity index is 501. The Balaban J connectivity index is 3.35. The molecule has 0 bridgehead atoms. The number of halogens is 3. The quantitative estimate of drug-likeness (QED) is 0.632. The number of rotatable bonds is 4. The number of alkyl halides is 3. The lowest BCUT2D eigenvalue weighted by molar-refractivity contribution is -0.139. The fraction of sp³-hybridized carbons (Fsp3) is 0.364. The zero-order chi connectivity index (χ0) is 13.7. The van der Waals surface area contributed by atoms with Gasteiger partial charge in [-0.15, -0.1) is 0 Å². The predicted octanol–water partition coefficient (Wildman–Crippen LogP) is 2.50. The Morgan fingerprint density at radius 1 is 1.67 bits per heavy atom. The molecular formula is C11H9BrF2N2O2. The number of hydrogen-bond donors (Lipinski definition) is 0. The lowest BCUT2D eigenvalue weighted by Crippen LogP contribution is -2.10. The van der Waals surface area contributed by atoms with Crippen molar-refractivity contribution in [2.75, 3.05) is 7.11 Å². The highest BCUT2D eigenvalue weighted by atomic mass is 79.9. The van der Waals surface area contributed by atoms with Gasteiger partial charge in [0, 0.05) is 5.33 Å². The molecule has 0 fully saturated rings. The zero-order valence-electron chi connectivity index (χ0n) is 9.41. The minimum Gasteiger partial charge on any atom is -0.469 e. The van der Waals surface area contributed by atoms with Crippen LogP contribution in [0.4, 0.5) is 8.78 Å². The topological polar surface area (TPSA) is 63.0 Å². The van der Waals surface area contributed by atoms with E-state index in [1.165, 1.54) is 13.2 Å². The Labute approximate surface area is 111 Å². The molecule has 0 aliphatic heterocycles. The van der Waals surface area contributed by atoms with Gasteiger partial charge in [-0.2, -0.15) is 5.26 Å². The Kier molecular flexibility index (Phi) is 5.16. The molecule has 0 aliphatic carbocycles. The second-order valence-corrected chi connectivity index (χ2v) is 3.89. The van der Waals surface area contributed by atoms with E-state index in [1.54, 1.807) is 6.07 Å². The van der Waals surface area contributed by atoms with E-state index in [0.29, 0.717) is 11.0 Å². The number of esters is 1. The van der Waals surface area contributed by atoms with Crippen LogP contribution in [0.1, 0.15) is 28.9 Å². The average molecular weight is 319 g/mol. The van der Waals surface area contributed by atoms with E-state index in [4.69, 9.17) is 5.26 Å². The van der Waals surface area contributed by atoms with Gasteiger partial charge < -0.3 is 4.74 Å². The first-order chi connectivity index (χ1) is 8.53. The van der Waals surface area contributed by atoms with Crippen molar-refractivity contribution in [2.45, 2.75) is 18.2 Å². The summed E-state index contributed by atoms with van der Waals surface area (Å²) in [6, 6.07) is 2.99. The fourth-order valence-electron chi connectivity index (χ4n) is 1.44. The molecule has 1 aromatic heterocycles. The van der Waals surface area contributed by atoms with Crippen molar-refractivity contribution in [1.29, 1.82) is 5.26 Å². The summed E-state index contributed by atoms with van der Waals surface area (Å²) in [6.07, 6.45) is -3.18.